The molecule has 1 heterocycles. The van der Waals surface area contributed by atoms with Crippen molar-refractivity contribution in [2.24, 2.45) is 0 Å². The quantitative estimate of drug-likeness (QED) is 0.465. The van der Waals surface area contributed by atoms with Crippen LogP contribution in [0.15, 0.2) is 79.1 Å². The highest BCUT2D eigenvalue weighted by Crippen LogP contribution is 2.19. The van der Waals surface area contributed by atoms with Crippen molar-refractivity contribution in [1.29, 1.82) is 0 Å². The number of hydrogen-bond donors (Lipinski definition) is 0. The molecule has 2 aromatic carbocycles. The zero-order valence-corrected chi connectivity index (χ0v) is 16.0. The Kier molecular flexibility index (Phi) is 6.48. The first-order valence-corrected chi connectivity index (χ1v) is 7.98. The lowest BCUT2D eigenvalue weighted by Gasteiger charge is -2.10. The molecular formula is C21H21BrN2O. The Bertz CT molecular complexity index is 813. The number of Topliss-reactive ketones (excluding diaryl/α,β-unsaturated/α-hetero) is 1. The van der Waals surface area contributed by atoms with Gasteiger partial charge >= 0.3 is 0 Å². The van der Waals surface area contributed by atoms with Crippen LogP contribution in [0, 0.1) is 0 Å². The van der Waals surface area contributed by atoms with E-state index in [1.807, 2.05) is 90.6 Å². The number of aromatic nitrogens is 1. The molecule has 0 fully saturated rings. The zero-order valence-electron chi connectivity index (χ0n) is 14.4. The van der Waals surface area contributed by atoms with E-state index in [1.54, 1.807) is 0 Å². The van der Waals surface area contributed by atoms with E-state index in [4.69, 9.17) is 0 Å². The van der Waals surface area contributed by atoms with Gasteiger partial charge in [-0.15, -0.1) is 0 Å². The number of halogens is 1. The Morgan fingerprint density at radius 1 is 0.840 bits per heavy atom. The van der Waals surface area contributed by atoms with Gasteiger partial charge in [-0.25, -0.2) is 0 Å². The van der Waals surface area contributed by atoms with E-state index in [9.17, 15) is 4.79 Å². The summed E-state index contributed by atoms with van der Waals surface area (Å²) in [6.07, 6.45) is 3.87. The first-order valence-electron chi connectivity index (χ1n) is 7.98. The van der Waals surface area contributed by atoms with Crippen LogP contribution in [0.25, 0.3) is 11.1 Å². The summed E-state index contributed by atoms with van der Waals surface area (Å²) in [5.41, 5.74) is 4.13. The van der Waals surface area contributed by atoms with Gasteiger partial charge in [0.15, 0.2) is 12.4 Å². The van der Waals surface area contributed by atoms with Crippen molar-refractivity contribution in [3.8, 4) is 11.1 Å². The molecule has 0 radical (unpaired) electrons. The summed E-state index contributed by atoms with van der Waals surface area (Å²) in [5, 5.41) is 0. The summed E-state index contributed by atoms with van der Waals surface area (Å²) in [6, 6.07) is 22.0. The number of anilines is 1. The second-order valence-electron chi connectivity index (χ2n) is 5.99. The second kappa shape index (κ2) is 8.58. The smallest absolute Gasteiger partial charge is 0.227 e. The molecule has 0 bridgehead atoms. The third-order valence-electron chi connectivity index (χ3n) is 4.03. The van der Waals surface area contributed by atoms with Crippen molar-refractivity contribution < 1.29 is 26.3 Å². The fourth-order valence-corrected chi connectivity index (χ4v) is 2.59. The Balaban J connectivity index is 0.00000225. The Morgan fingerprint density at radius 3 is 1.96 bits per heavy atom. The predicted octanol–water partition coefficient (Wildman–Crippen LogP) is 0.594. The second-order valence-corrected chi connectivity index (χ2v) is 5.99. The van der Waals surface area contributed by atoms with Crippen LogP contribution in [0.4, 0.5) is 5.69 Å². The molecule has 0 aliphatic carbocycles. The molecule has 0 atom stereocenters. The molecule has 0 saturated heterocycles. The molecule has 0 aliphatic rings. The summed E-state index contributed by atoms with van der Waals surface area (Å²) in [5.74, 6) is 0.109. The average Bonchev–Trinajstić information content (AvgIpc) is 2.63. The highest BCUT2D eigenvalue weighted by atomic mass is 79.9. The molecular weight excluding hydrogens is 376 g/mol. The lowest BCUT2D eigenvalue weighted by Crippen LogP contribution is -3.00. The number of carbonyl (C=O) groups is 1. The average molecular weight is 397 g/mol. The number of rotatable bonds is 5. The van der Waals surface area contributed by atoms with Crippen LogP contribution in [0.2, 0.25) is 0 Å². The van der Waals surface area contributed by atoms with E-state index in [-0.39, 0.29) is 22.8 Å². The van der Waals surface area contributed by atoms with Gasteiger partial charge in [0.25, 0.3) is 0 Å². The van der Waals surface area contributed by atoms with Gasteiger partial charge in [-0.3, -0.25) is 4.79 Å². The summed E-state index contributed by atoms with van der Waals surface area (Å²) in [7, 11) is 4.00. The molecule has 0 spiro atoms. The largest absolute Gasteiger partial charge is 1.00 e. The minimum absolute atomic E-state index is 0. The third-order valence-corrected chi connectivity index (χ3v) is 4.03. The van der Waals surface area contributed by atoms with Crippen LogP contribution in [0.3, 0.4) is 0 Å². The van der Waals surface area contributed by atoms with Crippen LogP contribution in [-0.4, -0.2) is 19.9 Å². The van der Waals surface area contributed by atoms with Gasteiger partial charge in [0.1, 0.15) is 0 Å². The number of ketones is 1. The molecule has 1 aromatic heterocycles. The molecule has 0 aliphatic heterocycles. The van der Waals surface area contributed by atoms with Gasteiger partial charge in [-0.05, 0) is 11.1 Å². The maximum Gasteiger partial charge on any atom is 0.227 e. The zero-order chi connectivity index (χ0) is 16.9. The Hall–Kier alpha value is -2.46. The van der Waals surface area contributed by atoms with E-state index in [0.29, 0.717) is 6.54 Å². The van der Waals surface area contributed by atoms with E-state index in [1.165, 1.54) is 0 Å². The Labute approximate surface area is 159 Å². The molecule has 0 unspecified atom stereocenters. The van der Waals surface area contributed by atoms with Crippen molar-refractivity contribution in [1.82, 2.24) is 0 Å². The van der Waals surface area contributed by atoms with Gasteiger partial charge in [0, 0.05) is 37.5 Å². The van der Waals surface area contributed by atoms with Gasteiger partial charge in [0.2, 0.25) is 12.3 Å². The minimum atomic E-state index is 0. The first kappa shape index (κ1) is 18.9. The monoisotopic (exact) mass is 396 g/mol. The van der Waals surface area contributed by atoms with Crippen molar-refractivity contribution in [3.63, 3.8) is 0 Å². The third kappa shape index (κ3) is 4.77. The van der Waals surface area contributed by atoms with E-state index < -0.39 is 0 Å². The number of carbonyl (C=O) groups excluding carboxylic acids is 1. The van der Waals surface area contributed by atoms with Crippen molar-refractivity contribution in [3.05, 3.63) is 84.7 Å². The molecule has 0 amide bonds. The SMILES string of the molecule is CN(C)c1cc[n+](CC(=O)c2ccc(-c3ccccc3)cc2)cc1.[Br-]. The van der Waals surface area contributed by atoms with Crippen molar-refractivity contribution in [2.75, 3.05) is 19.0 Å². The van der Waals surface area contributed by atoms with Crippen molar-refractivity contribution in [2.45, 2.75) is 6.54 Å². The molecule has 128 valence electrons. The lowest BCUT2D eigenvalue weighted by molar-refractivity contribution is -0.683. The number of pyridine rings is 1. The van der Waals surface area contributed by atoms with Crippen LogP contribution in [0.1, 0.15) is 10.4 Å². The Morgan fingerprint density at radius 2 is 1.40 bits per heavy atom. The van der Waals surface area contributed by atoms with E-state index in [2.05, 4.69) is 12.1 Å². The fourth-order valence-electron chi connectivity index (χ4n) is 2.59. The van der Waals surface area contributed by atoms with Crippen LogP contribution < -0.4 is 26.4 Å². The highest BCUT2D eigenvalue weighted by Gasteiger charge is 2.12. The van der Waals surface area contributed by atoms with Crippen molar-refractivity contribution >= 4 is 11.5 Å². The molecule has 4 heteroatoms. The molecule has 3 rings (SSSR count). The number of nitrogens with zero attached hydrogens (tertiary/aromatic N) is 2. The highest BCUT2D eigenvalue weighted by molar-refractivity contribution is 5.95. The maximum absolute atomic E-state index is 12.4. The summed E-state index contributed by atoms with van der Waals surface area (Å²) < 4.78 is 1.90. The van der Waals surface area contributed by atoms with Crippen LogP contribution in [-0.2, 0) is 6.54 Å². The first-order chi connectivity index (χ1) is 11.6. The van der Waals surface area contributed by atoms with Gasteiger partial charge in [-0.2, -0.15) is 4.57 Å². The molecule has 0 N–H and O–H groups in total. The standard InChI is InChI=1S/C21H21N2O.BrH/c1-22(2)20-12-14-23(15-13-20)16-21(24)19-10-8-18(9-11-19)17-6-4-3-5-7-17;/h3-15H,16H2,1-2H3;1H/q+1;/p-1. The maximum atomic E-state index is 12.4. The van der Waals surface area contributed by atoms with E-state index in [0.717, 1.165) is 22.4 Å². The molecule has 3 nitrogen and oxygen atoms in total. The predicted molar refractivity (Wildman–Crippen MR) is 97.2 cm³/mol. The van der Waals surface area contributed by atoms with Gasteiger partial charge < -0.3 is 21.9 Å². The fraction of sp³-hybridized carbons (Fsp3) is 0.143. The minimum Gasteiger partial charge on any atom is -1.00 e. The number of hydrogen-bond acceptors (Lipinski definition) is 2. The van der Waals surface area contributed by atoms with E-state index >= 15 is 0 Å². The summed E-state index contributed by atoms with van der Waals surface area (Å²) in [4.78, 5) is 14.5. The topological polar surface area (TPSA) is 24.2 Å². The van der Waals surface area contributed by atoms with Gasteiger partial charge in [0.05, 0.1) is 0 Å². The molecule has 3 aromatic rings. The summed E-state index contributed by atoms with van der Waals surface area (Å²) >= 11 is 0. The molecule has 0 saturated carbocycles. The van der Waals surface area contributed by atoms with Crippen LogP contribution in [0.5, 0.6) is 0 Å². The van der Waals surface area contributed by atoms with Gasteiger partial charge in [-0.1, -0.05) is 54.6 Å². The van der Waals surface area contributed by atoms with Crippen LogP contribution >= 0.6 is 0 Å². The summed E-state index contributed by atoms with van der Waals surface area (Å²) in [6.45, 7) is 0.346. The number of benzene rings is 2. The lowest BCUT2D eigenvalue weighted by atomic mass is 10.0. The molecule has 25 heavy (non-hydrogen) atoms. The normalized spacial score (nSPS) is 10.0.